The molecule has 1 fully saturated rings. The highest BCUT2D eigenvalue weighted by atomic mass is 16.2. The molecule has 0 bridgehead atoms. The molecule has 6 nitrogen and oxygen atoms in total. The highest BCUT2D eigenvalue weighted by molar-refractivity contribution is 5.93. The van der Waals surface area contributed by atoms with Crippen LogP contribution in [0, 0.1) is 11.3 Å². The molecule has 0 saturated carbocycles. The molecule has 2 unspecified atom stereocenters. The van der Waals surface area contributed by atoms with Crippen LogP contribution in [0.1, 0.15) is 47.5 Å². The normalized spacial score (nSPS) is 20.0. The average molecular weight is 311 g/mol. The third-order valence-electron chi connectivity index (χ3n) is 3.95. The van der Waals surface area contributed by atoms with Crippen molar-refractivity contribution in [2.45, 2.75) is 59.5 Å². The Morgan fingerprint density at radius 3 is 2.23 bits per heavy atom. The van der Waals surface area contributed by atoms with Crippen molar-refractivity contribution >= 4 is 17.7 Å². The van der Waals surface area contributed by atoms with E-state index in [2.05, 4.69) is 10.6 Å². The average Bonchev–Trinajstić information content (AvgIpc) is 2.90. The van der Waals surface area contributed by atoms with Gasteiger partial charge in [0.25, 0.3) is 0 Å². The van der Waals surface area contributed by atoms with Gasteiger partial charge in [0.05, 0.1) is 0 Å². The molecular weight excluding hydrogens is 282 g/mol. The van der Waals surface area contributed by atoms with Crippen LogP contribution in [0.2, 0.25) is 0 Å². The van der Waals surface area contributed by atoms with Gasteiger partial charge in [-0.15, -0.1) is 0 Å². The summed E-state index contributed by atoms with van der Waals surface area (Å²) in [5, 5.41) is 5.37. The first-order chi connectivity index (χ1) is 10.1. The quantitative estimate of drug-likeness (QED) is 0.810. The number of rotatable bonds is 4. The van der Waals surface area contributed by atoms with Gasteiger partial charge in [-0.05, 0) is 18.8 Å². The van der Waals surface area contributed by atoms with Crippen molar-refractivity contribution in [2.75, 3.05) is 13.6 Å². The summed E-state index contributed by atoms with van der Waals surface area (Å²) in [7, 11) is 1.55. The first kappa shape index (κ1) is 18.5. The van der Waals surface area contributed by atoms with Crippen LogP contribution in [0.25, 0.3) is 0 Å². The highest BCUT2D eigenvalue weighted by Crippen LogP contribution is 2.25. The lowest BCUT2D eigenvalue weighted by Crippen LogP contribution is -2.55. The Morgan fingerprint density at radius 1 is 1.18 bits per heavy atom. The standard InChI is InChI=1S/C16H29N3O3/c1-10(2)12(14(21)17-6)18-13(20)11-8-7-9-19(11)15(22)16(3,4)5/h10-12H,7-9H2,1-6H3,(H,17,21)(H,18,20). The third-order valence-corrected chi connectivity index (χ3v) is 3.95. The first-order valence-electron chi connectivity index (χ1n) is 7.92. The van der Waals surface area contributed by atoms with E-state index in [4.69, 9.17) is 0 Å². The second-order valence-corrected chi connectivity index (χ2v) is 7.25. The van der Waals surface area contributed by atoms with Gasteiger partial charge in [0.15, 0.2) is 0 Å². The summed E-state index contributed by atoms with van der Waals surface area (Å²) in [6.45, 7) is 9.92. The fraction of sp³-hybridized carbons (Fsp3) is 0.812. The van der Waals surface area contributed by atoms with E-state index in [0.29, 0.717) is 13.0 Å². The zero-order valence-electron chi connectivity index (χ0n) is 14.5. The van der Waals surface area contributed by atoms with Crippen LogP contribution in [0.4, 0.5) is 0 Å². The fourth-order valence-electron chi connectivity index (χ4n) is 2.65. The minimum Gasteiger partial charge on any atom is -0.357 e. The minimum atomic E-state index is -0.579. The Bertz CT molecular complexity index is 440. The lowest BCUT2D eigenvalue weighted by molar-refractivity contribution is -0.145. The number of amides is 3. The number of carbonyl (C=O) groups excluding carboxylic acids is 3. The van der Waals surface area contributed by atoms with Crippen LogP contribution in [-0.2, 0) is 14.4 Å². The van der Waals surface area contributed by atoms with Gasteiger partial charge in [-0.3, -0.25) is 14.4 Å². The topological polar surface area (TPSA) is 78.5 Å². The van der Waals surface area contributed by atoms with Crippen molar-refractivity contribution in [1.82, 2.24) is 15.5 Å². The summed E-state index contributed by atoms with van der Waals surface area (Å²) in [4.78, 5) is 38.5. The Balaban J connectivity index is 2.83. The number of hydrogen-bond donors (Lipinski definition) is 2. The number of hydrogen-bond acceptors (Lipinski definition) is 3. The Morgan fingerprint density at radius 2 is 1.77 bits per heavy atom. The van der Waals surface area contributed by atoms with Gasteiger partial charge in [0.1, 0.15) is 12.1 Å². The van der Waals surface area contributed by atoms with E-state index in [1.165, 1.54) is 0 Å². The minimum absolute atomic E-state index is 0.0166. The van der Waals surface area contributed by atoms with Crippen LogP contribution in [0.3, 0.4) is 0 Å². The summed E-state index contributed by atoms with van der Waals surface area (Å²) in [5.74, 6) is -0.490. The maximum Gasteiger partial charge on any atom is 0.243 e. The van der Waals surface area contributed by atoms with Crippen molar-refractivity contribution < 1.29 is 14.4 Å². The molecule has 0 aliphatic carbocycles. The van der Waals surface area contributed by atoms with E-state index in [9.17, 15) is 14.4 Å². The molecule has 1 rings (SSSR count). The summed E-state index contributed by atoms with van der Waals surface area (Å²) >= 11 is 0. The van der Waals surface area contributed by atoms with Crippen molar-refractivity contribution in [1.29, 1.82) is 0 Å². The predicted octanol–water partition coefficient (Wildman–Crippen LogP) is 0.910. The SMILES string of the molecule is CNC(=O)C(NC(=O)C1CCCN1C(=O)C(C)(C)C)C(C)C. The van der Waals surface area contributed by atoms with Crippen molar-refractivity contribution in [3.63, 3.8) is 0 Å². The van der Waals surface area contributed by atoms with E-state index in [1.54, 1.807) is 11.9 Å². The smallest absolute Gasteiger partial charge is 0.243 e. The van der Waals surface area contributed by atoms with Crippen LogP contribution >= 0.6 is 0 Å². The molecule has 22 heavy (non-hydrogen) atoms. The molecule has 6 heteroatoms. The van der Waals surface area contributed by atoms with Gasteiger partial charge >= 0.3 is 0 Å². The van der Waals surface area contributed by atoms with Crippen LogP contribution in [-0.4, -0.2) is 48.3 Å². The molecule has 0 aromatic rings. The lowest BCUT2D eigenvalue weighted by atomic mass is 9.94. The summed E-state index contributed by atoms with van der Waals surface area (Å²) in [6, 6.07) is -1.05. The number of likely N-dealkylation sites (tertiary alicyclic amines) is 1. The van der Waals surface area contributed by atoms with Gasteiger partial charge in [0.2, 0.25) is 17.7 Å². The molecule has 0 radical (unpaired) electrons. The Hall–Kier alpha value is -1.59. The lowest BCUT2D eigenvalue weighted by Gasteiger charge is -2.31. The zero-order valence-corrected chi connectivity index (χ0v) is 14.5. The van der Waals surface area contributed by atoms with Gasteiger partial charge in [-0.25, -0.2) is 0 Å². The van der Waals surface area contributed by atoms with E-state index in [0.717, 1.165) is 6.42 Å². The van der Waals surface area contributed by atoms with E-state index >= 15 is 0 Å². The largest absolute Gasteiger partial charge is 0.357 e. The third kappa shape index (κ3) is 4.21. The van der Waals surface area contributed by atoms with Crippen LogP contribution in [0.15, 0.2) is 0 Å². The van der Waals surface area contributed by atoms with Gasteiger partial charge in [-0.1, -0.05) is 34.6 Å². The molecule has 1 heterocycles. The maximum absolute atomic E-state index is 12.5. The Labute approximate surface area is 133 Å². The molecule has 2 N–H and O–H groups in total. The van der Waals surface area contributed by atoms with E-state index < -0.39 is 17.5 Å². The molecule has 1 aliphatic heterocycles. The van der Waals surface area contributed by atoms with E-state index in [1.807, 2.05) is 34.6 Å². The molecule has 0 spiro atoms. The zero-order chi connectivity index (χ0) is 17.1. The Kier molecular flexibility index (Phi) is 5.97. The second-order valence-electron chi connectivity index (χ2n) is 7.25. The summed E-state index contributed by atoms with van der Waals surface area (Å²) < 4.78 is 0. The fourth-order valence-corrected chi connectivity index (χ4v) is 2.65. The molecule has 0 aromatic carbocycles. The van der Waals surface area contributed by atoms with Crippen LogP contribution in [0.5, 0.6) is 0 Å². The molecule has 1 saturated heterocycles. The first-order valence-corrected chi connectivity index (χ1v) is 7.92. The number of nitrogens with one attached hydrogen (secondary N) is 2. The monoisotopic (exact) mass is 311 g/mol. The van der Waals surface area contributed by atoms with E-state index in [-0.39, 0.29) is 23.6 Å². The number of carbonyl (C=O) groups is 3. The summed E-state index contributed by atoms with van der Waals surface area (Å²) in [5.41, 5.74) is -0.513. The molecule has 3 amide bonds. The number of nitrogens with zero attached hydrogens (tertiary/aromatic N) is 1. The number of likely N-dealkylation sites (N-methyl/N-ethyl adjacent to an activating group) is 1. The van der Waals surface area contributed by atoms with Crippen molar-refractivity contribution in [2.24, 2.45) is 11.3 Å². The maximum atomic E-state index is 12.5. The molecule has 0 aromatic heterocycles. The van der Waals surface area contributed by atoms with Gasteiger partial charge < -0.3 is 15.5 Å². The molecule has 126 valence electrons. The van der Waals surface area contributed by atoms with Crippen molar-refractivity contribution in [3.05, 3.63) is 0 Å². The predicted molar refractivity (Wildman–Crippen MR) is 85.0 cm³/mol. The summed E-state index contributed by atoms with van der Waals surface area (Å²) in [6.07, 6.45) is 1.46. The molecule has 1 aliphatic rings. The van der Waals surface area contributed by atoms with Crippen molar-refractivity contribution in [3.8, 4) is 0 Å². The van der Waals surface area contributed by atoms with Crippen LogP contribution < -0.4 is 10.6 Å². The highest BCUT2D eigenvalue weighted by Gasteiger charge is 2.39. The van der Waals surface area contributed by atoms with Gasteiger partial charge in [-0.2, -0.15) is 0 Å². The molecular formula is C16H29N3O3. The molecule has 2 atom stereocenters. The second kappa shape index (κ2) is 7.11. The van der Waals surface area contributed by atoms with Gasteiger partial charge in [0, 0.05) is 19.0 Å².